The minimum Gasteiger partial charge on any atom is -0.312 e. The maximum absolute atomic E-state index is 3.58. The molecule has 1 heteroatoms. The fraction of sp³-hybridized carbons (Fsp3) is 1.00. The first kappa shape index (κ1) is 7.60. The van der Waals surface area contributed by atoms with E-state index in [2.05, 4.69) is 26.1 Å². The summed E-state index contributed by atoms with van der Waals surface area (Å²) in [5, 5.41) is 3.58. The third-order valence-electron chi connectivity index (χ3n) is 3.49. The standard InChI is InChI=1S/C10H19N/c1-9(2,3)8-10(7-11-8)5-4-6-10/h8,11H,4-7H2,1-3H3. The summed E-state index contributed by atoms with van der Waals surface area (Å²) in [6.45, 7) is 8.34. The molecule has 0 aromatic carbocycles. The third-order valence-corrected chi connectivity index (χ3v) is 3.49. The molecule has 2 fully saturated rings. The van der Waals surface area contributed by atoms with Crippen LogP contribution in [0.3, 0.4) is 0 Å². The Balaban J connectivity index is 2.06. The van der Waals surface area contributed by atoms with Crippen LogP contribution in [0, 0.1) is 10.8 Å². The zero-order valence-corrected chi connectivity index (χ0v) is 7.91. The van der Waals surface area contributed by atoms with Gasteiger partial charge in [-0.3, -0.25) is 0 Å². The summed E-state index contributed by atoms with van der Waals surface area (Å²) < 4.78 is 0. The van der Waals surface area contributed by atoms with Gasteiger partial charge in [0.2, 0.25) is 0 Å². The van der Waals surface area contributed by atoms with Gasteiger partial charge in [-0.05, 0) is 23.7 Å². The lowest BCUT2D eigenvalue weighted by Crippen LogP contribution is -2.69. The van der Waals surface area contributed by atoms with Crippen molar-refractivity contribution in [2.24, 2.45) is 10.8 Å². The van der Waals surface area contributed by atoms with Gasteiger partial charge in [-0.2, -0.15) is 0 Å². The van der Waals surface area contributed by atoms with Crippen molar-refractivity contribution >= 4 is 0 Å². The van der Waals surface area contributed by atoms with Crippen LogP contribution in [-0.2, 0) is 0 Å². The van der Waals surface area contributed by atoms with Gasteiger partial charge in [0.25, 0.3) is 0 Å². The molecule has 0 amide bonds. The van der Waals surface area contributed by atoms with Crippen molar-refractivity contribution in [2.75, 3.05) is 6.54 Å². The number of rotatable bonds is 0. The minimum atomic E-state index is 0.471. The topological polar surface area (TPSA) is 12.0 Å². The van der Waals surface area contributed by atoms with Crippen molar-refractivity contribution in [3.05, 3.63) is 0 Å². The largest absolute Gasteiger partial charge is 0.312 e. The highest BCUT2D eigenvalue weighted by Crippen LogP contribution is 2.53. The summed E-state index contributed by atoms with van der Waals surface area (Å²) in [5.41, 5.74) is 1.21. The van der Waals surface area contributed by atoms with Gasteiger partial charge in [0.15, 0.2) is 0 Å². The lowest BCUT2D eigenvalue weighted by molar-refractivity contribution is -0.0565. The molecule has 0 aromatic heterocycles. The Kier molecular flexibility index (Phi) is 1.39. The molecule has 2 aliphatic rings. The number of hydrogen-bond donors (Lipinski definition) is 1. The van der Waals surface area contributed by atoms with E-state index in [1.807, 2.05) is 0 Å². The Morgan fingerprint density at radius 2 is 1.91 bits per heavy atom. The fourth-order valence-corrected chi connectivity index (χ4v) is 2.81. The second kappa shape index (κ2) is 2.01. The van der Waals surface area contributed by atoms with E-state index in [0.29, 0.717) is 5.41 Å². The van der Waals surface area contributed by atoms with Crippen molar-refractivity contribution in [2.45, 2.75) is 46.1 Å². The maximum atomic E-state index is 3.58. The van der Waals surface area contributed by atoms with Crippen LogP contribution >= 0.6 is 0 Å². The van der Waals surface area contributed by atoms with E-state index in [9.17, 15) is 0 Å². The molecule has 0 aromatic rings. The minimum absolute atomic E-state index is 0.471. The lowest BCUT2D eigenvalue weighted by atomic mass is 9.53. The Morgan fingerprint density at radius 3 is 2.00 bits per heavy atom. The zero-order chi connectivity index (χ0) is 8.11. The first-order chi connectivity index (χ1) is 5.05. The van der Waals surface area contributed by atoms with Gasteiger partial charge in [0.1, 0.15) is 0 Å². The van der Waals surface area contributed by atoms with Crippen LogP contribution in [-0.4, -0.2) is 12.6 Å². The van der Waals surface area contributed by atoms with Crippen molar-refractivity contribution < 1.29 is 0 Å². The Bertz CT molecular complexity index is 157. The maximum Gasteiger partial charge on any atom is 0.0184 e. The average molecular weight is 153 g/mol. The zero-order valence-electron chi connectivity index (χ0n) is 7.91. The summed E-state index contributed by atoms with van der Waals surface area (Å²) in [4.78, 5) is 0. The van der Waals surface area contributed by atoms with Crippen LogP contribution in [0.5, 0.6) is 0 Å². The van der Waals surface area contributed by atoms with Crippen molar-refractivity contribution in [3.63, 3.8) is 0 Å². The predicted molar refractivity (Wildman–Crippen MR) is 47.5 cm³/mol. The van der Waals surface area contributed by atoms with E-state index in [1.54, 1.807) is 0 Å². The smallest absolute Gasteiger partial charge is 0.0184 e. The van der Waals surface area contributed by atoms with E-state index in [1.165, 1.54) is 25.8 Å². The predicted octanol–water partition coefficient (Wildman–Crippen LogP) is 2.17. The van der Waals surface area contributed by atoms with E-state index in [0.717, 1.165) is 11.5 Å². The summed E-state index contributed by atoms with van der Waals surface area (Å²) >= 11 is 0. The van der Waals surface area contributed by atoms with Crippen LogP contribution in [0.2, 0.25) is 0 Å². The molecule has 64 valence electrons. The van der Waals surface area contributed by atoms with Crippen LogP contribution in [0.1, 0.15) is 40.0 Å². The lowest BCUT2D eigenvalue weighted by Gasteiger charge is -2.61. The summed E-state index contributed by atoms with van der Waals surface area (Å²) in [5.74, 6) is 0. The highest BCUT2D eigenvalue weighted by molar-refractivity contribution is 5.10. The van der Waals surface area contributed by atoms with E-state index >= 15 is 0 Å². The molecule has 1 atom stereocenters. The van der Waals surface area contributed by atoms with E-state index < -0.39 is 0 Å². The van der Waals surface area contributed by atoms with Crippen molar-refractivity contribution in [1.29, 1.82) is 0 Å². The normalized spacial score (nSPS) is 34.6. The molecule has 1 saturated carbocycles. The fourth-order valence-electron chi connectivity index (χ4n) is 2.81. The van der Waals surface area contributed by atoms with Crippen molar-refractivity contribution in [1.82, 2.24) is 5.32 Å². The first-order valence-electron chi connectivity index (χ1n) is 4.78. The molecule has 1 saturated heterocycles. The monoisotopic (exact) mass is 153 g/mol. The molecule has 1 nitrogen and oxygen atoms in total. The first-order valence-corrected chi connectivity index (χ1v) is 4.78. The summed E-state index contributed by atoms with van der Waals surface area (Å²) in [7, 11) is 0. The molecule has 1 heterocycles. The van der Waals surface area contributed by atoms with Gasteiger partial charge in [-0.25, -0.2) is 0 Å². The molecule has 2 rings (SSSR count). The molecule has 1 spiro atoms. The Labute approximate surface area is 69.6 Å². The highest BCUT2D eigenvalue weighted by atomic mass is 15.1. The molecule has 1 aliphatic carbocycles. The number of nitrogens with one attached hydrogen (secondary N) is 1. The second-order valence-electron chi connectivity index (χ2n) is 5.40. The Morgan fingerprint density at radius 1 is 1.27 bits per heavy atom. The van der Waals surface area contributed by atoms with Crippen molar-refractivity contribution in [3.8, 4) is 0 Å². The summed E-state index contributed by atoms with van der Waals surface area (Å²) in [6.07, 6.45) is 4.41. The van der Waals surface area contributed by atoms with Gasteiger partial charge in [-0.15, -0.1) is 0 Å². The Hall–Kier alpha value is -0.0400. The van der Waals surface area contributed by atoms with Crippen LogP contribution in [0.4, 0.5) is 0 Å². The average Bonchev–Trinajstić information content (AvgIpc) is 1.49. The quantitative estimate of drug-likeness (QED) is 0.562. The van der Waals surface area contributed by atoms with Gasteiger partial charge >= 0.3 is 0 Å². The SMILES string of the molecule is CC(C)(C)C1NCC12CCC2. The molecule has 1 N–H and O–H groups in total. The van der Waals surface area contributed by atoms with E-state index in [-0.39, 0.29) is 0 Å². The molecule has 11 heavy (non-hydrogen) atoms. The summed E-state index contributed by atoms with van der Waals surface area (Å²) in [6, 6.07) is 0.795. The highest BCUT2D eigenvalue weighted by Gasteiger charge is 2.54. The second-order valence-corrected chi connectivity index (χ2v) is 5.40. The molecule has 0 radical (unpaired) electrons. The molecule has 1 aliphatic heterocycles. The molecule has 1 unspecified atom stereocenters. The van der Waals surface area contributed by atoms with Crippen LogP contribution in [0.25, 0.3) is 0 Å². The van der Waals surface area contributed by atoms with Gasteiger partial charge in [0, 0.05) is 12.6 Å². The van der Waals surface area contributed by atoms with Crippen LogP contribution in [0.15, 0.2) is 0 Å². The number of hydrogen-bond acceptors (Lipinski definition) is 1. The van der Waals surface area contributed by atoms with Gasteiger partial charge in [0.05, 0.1) is 0 Å². The third kappa shape index (κ3) is 0.936. The van der Waals surface area contributed by atoms with Crippen LogP contribution < -0.4 is 5.32 Å². The molecular formula is C10H19N. The molecular weight excluding hydrogens is 134 g/mol. The van der Waals surface area contributed by atoms with E-state index in [4.69, 9.17) is 0 Å². The van der Waals surface area contributed by atoms with Gasteiger partial charge < -0.3 is 5.32 Å². The molecule has 0 bridgehead atoms. The van der Waals surface area contributed by atoms with Gasteiger partial charge in [-0.1, -0.05) is 27.2 Å².